The van der Waals surface area contributed by atoms with Gasteiger partial charge in [-0.1, -0.05) is 12.1 Å². The molecule has 7 nitrogen and oxygen atoms in total. The molecule has 8 heteroatoms. The average molecular weight is 309 g/mol. The molecule has 0 atom stereocenters. The largest absolute Gasteiger partial charge is 0.507 e. The number of rotatable bonds is 4. The number of aromatic hydroxyl groups is 2. The van der Waals surface area contributed by atoms with Crippen LogP contribution in [0.15, 0.2) is 47.4 Å². The van der Waals surface area contributed by atoms with Crippen LogP contribution in [0.5, 0.6) is 11.5 Å². The van der Waals surface area contributed by atoms with Crippen LogP contribution >= 0.6 is 0 Å². The van der Waals surface area contributed by atoms with Gasteiger partial charge in [-0.2, -0.15) is 0 Å². The lowest BCUT2D eigenvalue weighted by Gasteiger charge is -2.10. The first-order valence-corrected chi connectivity index (χ1v) is 7.17. The summed E-state index contributed by atoms with van der Waals surface area (Å²) in [5, 5.41) is 27.8. The van der Waals surface area contributed by atoms with Gasteiger partial charge in [0, 0.05) is 6.07 Å². The molecule has 0 aromatic heterocycles. The Morgan fingerprint density at radius 1 is 1.00 bits per heavy atom. The Kier molecular flexibility index (Phi) is 3.72. The number of aromatic carboxylic acids is 1. The van der Waals surface area contributed by atoms with E-state index in [2.05, 4.69) is 4.72 Å². The van der Waals surface area contributed by atoms with Crippen LogP contribution < -0.4 is 4.72 Å². The Morgan fingerprint density at radius 3 is 2.24 bits per heavy atom. The lowest BCUT2D eigenvalue weighted by atomic mass is 10.2. The van der Waals surface area contributed by atoms with Crippen LogP contribution in [0.1, 0.15) is 10.4 Å². The van der Waals surface area contributed by atoms with Gasteiger partial charge in [-0.25, -0.2) is 13.2 Å². The highest BCUT2D eigenvalue weighted by molar-refractivity contribution is 7.92. The van der Waals surface area contributed by atoms with Crippen LogP contribution in [0, 0.1) is 0 Å². The first-order chi connectivity index (χ1) is 9.81. The highest BCUT2D eigenvalue weighted by Crippen LogP contribution is 2.27. The Labute approximate surface area is 120 Å². The molecule has 0 amide bonds. The van der Waals surface area contributed by atoms with Crippen LogP contribution in [0.4, 0.5) is 5.69 Å². The topological polar surface area (TPSA) is 124 Å². The summed E-state index contributed by atoms with van der Waals surface area (Å²) in [7, 11) is -4.05. The van der Waals surface area contributed by atoms with Gasteiger partial charge in [-0.3, -0.25) is 4.72 Å². The van der Waals surface area contributed by atoms with E-state index in [1.54, 1.807) is 0 Å². The first-order valence-electron chi connectivity index (χ1n) is 5.68. The number of phenolic OH excluding ortho intramolecular Hbond substituents is 1. The van der Waals surface area contributed by atoms with Gasteiger partial charge in [-0.05, 0) is 24.3 Å². The maximum Gasteiger partial charge on any atom is 0.339 e. The second kappa shape index (κ2) is 5.33. The summed E-state index contributed by atoms with van der Waals surface area (Å²) in [6, 6.07) is 8.59. The van der Waals surface area contributed by atoms with Crippen molar-refractivity contribution in [3.05, 3.63) is 48.0 Å². The number of sulfonamides is 1. The highest BCUT2D eigenvalue weighted by Gasteiger charge is 2.19. The number of carboxylic acid groups (broad SMARTS) is 1. The normalized spacial score (nSPS) is 11.0. The molecule has 0 fully saturated rings. The summed E-state index contributed by atoms with van der Waals surface area (Å²) in [6.07, 6.45) is 0. The van der Waals surface area contributed by atoms with Crippen LogP contribution in [-0.4, -0.2) is 29.7 Å². The Bertz CT molecular complexity index is 800. The molecule has 2 aromatic carbocycles. The van der Waals surface area contributed by atoms with Gasteiger partial charge in [0.15, 0.2) is 0 Å². The molecular weight excluding hydrogens is 298 g/mol. The second-order valence-corrected chi connectivity index (χ2v) is 5.76. The molecular formula is C13H11NO6S. The molecule has 21 heavy (non-hydrogen) atoms. The molecule has 0 bridgehead atoms. The Balaban J connectivity index is 2.36. The van der Waals surface area contributed by atoms with Crippen molar-refractivity contribution in [1.29, 1.82) is 0 Å². The van der Waals surface area contributed by atoms with Crippen molar-refractivity contribution in [2.75, 3.05) is 4.72 Å². The minimum Gasteiger partial charge on any atom is -0.507 e. The average Bonchev–Trinajstić information content (AvgIpc) is 2.38. The van der Waals surface area contributed by atoms with E-state index in [0.717, 1.165) is 12.1 Å². The molecule has 0 spiro atoms. The van der Waals surface area contributed by atoms with E-state index in [1.165, 1.54) is 30.3 Å². The van der Waals surface area contributed by atoms with E-state index in [0.29, 0.717) is 0 Å². The number of anilines is 1. The lowest BCUT2D eigenvalue weighted by molar-refractivity contribution is 0.0694. The van der Waals surface area contributed by atoms with Crippen LogP contribution in [0.2, 0.25) is 0 Å². The van der Waals surface area contributed by atoms with Crippen molar-refractivity contribution in [3.8, 4) is 11.5 Å². The standard InChI is InChI=1S/C13H11NO6S/c15-10-3-1-2-4-12(10)21(19,20)14-8-5-6-9(13(17)18)11(16)7-8/h1-7,14-16H,(H,17,18). The molecule has 0 aliphatic heterocycles. The van der Waals surface area contributed by atoms with Crippen molar-refractivity contribution in [2.24, 2.45) is 0 Å². The number of phenols is 2. The van der Waals surface area contributed by atoms with Gasteiger partial charge in [-0.15, -0.1) is 0 Å². The third kappa shape index (κ3) is 3.06. The highest BCUT2D eigenvalue weighted by atomic mass is 32.2. The number of para-hydroxylation sites is 1. The van der Waals surface area contributed by atoms with Gasteiger partial charge < -0.3 is 15.3 Å². The molecule has 0 saturated heterocycles. The van der Waals surface area contributed by atoms with Crippen LogP contribution in [-0.2, 0) is 10.0 Å². The molecule has 0 aliphatic rings. The van der Waals surface area contributed by atoms with E-state index >= 15 is 0 Å². The van der Waals surface area contributed by atoms with Crippen molar-refractivity contribution in [2.45, 2.75) is 4.90 Å². The molecule has 0 saturated carbocycles. The van der Waals surface area contributed by atoms with E-state index in [-0.39, 0.29) is 16.1 Å². The Hall–Kier alpha value is -2.74. The minimum atomic E-state index is -4.05. The summed E-state index contributed by atoms with van der Waals surface area (Å²) in [4.78, 5) is 10.4. The lowest BCUT2D eigenvalue weighted by Crippen LogP contribution is -2.13. The minimum absolute atomic E-state index is 0.0271. The van der Waals surface area contributed by atoms with Gasteiger partial charge >= 0.3 is 5.97 Å². The number of carbonyl (C=O) groups is 1. The summed E-state index contributed by atoms with van der Waals surface area (Å²) >= 11 is 0. The number of nitrogens with one attached hydrogen (secondary N) is 1. The van der Waals surface area contributed by atoms with Crippen LogP contribution in [0.25, 0.3) is 0 Å². The van der Waals surface area contributed by atoms with Gasteiger partial charge in [0.25, 0.3) is 10.0 Å². The summed E-state index contributed by atoms with van der Waals surface area (Å²) in [5.74, 6) is -2.32. The van der Waals surface area contributed by atoms with Crippen molar-refractivity contribution in [1.82, 2.24) is 0 Å². The fourth-order valence-electron chi connectivity index (χ4n) is 1.67. The number of hydrogen-bond acceptors (Lipinski definition) is 5. The zero-order valence-corrected chi connectivity index (χ0v) is 11.3. The summed E-state index contributed by atoms with van der Waals surface area (Å²) in [5.41, 5.74) is -0.374. The van der Waals surface area contributed by atoms with E-state index in [1.807, 2.05) is 0 Å². The smallest absolute Gasteiger partial charge is 0.339 e. The fourth-order valence-corrected chi connectivity index (χ4v) is 2.82. The third-order valence-corrected chi connectivity index (χ3v) is 4.06. The molecule has 2 aromatic rings. The van der Waals surface area contributed by atoms with Crippen molar-refractivity contribution < 1.29 is 28.5 Å². The van der Waals surface area contributed by atoms with Gasteiger partial charge in [0.05, 0.1) is 5.69 Å². The number of benzene rings is 2. The summed E-state index contributed by atoms with van der Waals surface area (Å²) < 4.78 is 26.3. The fraction of sp³-hybridized carbons (Fsp3) is 0. The zero-order chi connectivity index (χ0) is 15.6. The van der Waals surface area contributed by atoms with Crippen molar-refractivity contribution >= 4 is 21.7 Å². The maximum atomic E-state index is 12.1. The zero-order valence-electron chi connectivity index (χ0n) is 10.5. The van der Waals surface area contributed by atoms with Crippen molar-refractivity contribution in [3.63, 3.8) is 0 Å². The predicted molar refractivity (Wildman–Crippen MR) is 74.0 cm³/mol. The molecule has 0 radical (unpaired) electrons. The third-order valence-electron chi connectivity index (χ3n) is 2.64. The number of hydrogen-bond donors (Lipinski definition) is 4. The predicted octanol–water partition coefficient (Wildman–Crippen LogP) is 1.60. The second-order valence-electron chi connectivity index (χ2n) is 4.11. The quantitative estimate of drug-likeness (QED) is 0.680. The molecule has 2 rings (SSSR count). The molecule has 4 N–H and O–H groups in total. The summed E-state index contributed by atoms with van der Waals surface area (Å²) in [6.45, 7) is 0. The van der Waals surface area contributed by atoms with E-state index < -0.39 is 27.5 Å². The molecule has 110 valence electrons. The molecule has 0 aliphatic carbocycles. The molecule has 0 unspecified atom stereocenters. The van der Waals surface area contributed by atoms with Crippen LogP contribution in [0.3, 0.4) is 0 Å². The first kappa shape index (κ1) is 14.7. The maximum absolute atomic E-state index is 12.1. The number of carboxylic acids is 1. The monoisotopic (exact) mass is 309 g/mol. The van der Waals surface area contributed by atoms with E-state index in [9.17, 15) is 23.4 Å². The van der Waals surface area contributed by atoms with Gasteiger partial charge in [0.1, 0.15) is 22.0 Å². The van der Waals surface area contributed by atoms with Gasteiger partial charge in [0.2, 0.25) is 0 Å². The molecule has 0 heterocycles. The Morgan fingerprint density at radius 2 is 1.67 bits per heavy atom. The van der Waals surface area contributed by atoms with E-state index in [4.69, 9.17) is 5.11 Å². The SMILES string of the molecule is O=C(O)c1ccc(NS(=O)(=O)c2ccccc2O)cc1O.